The molecule has 1 spiro atoms. The normalized spacial score (nSPS) is 21.6. The molecule has 0 amide bonds. The van der Waals surface area contributed by atoms with Gasteiger partial charge in [-0.05, 0) is 111 Å². The van der Waals surface area contributed by atoms with Gasteiger partial charge in [0.05, 0.1) is 6.10 Å². The number of nitrogens with zero attached hydrogens (tertiary/aromatic N) is 2. The van der Waals surface area contributed by atoms with Gasteiger partial charge in [0.1, 0.15) is 0 Å². The average molecular weight is 355 g/mol. The predicted octanol–water partition coefficient (Wildman–Crippen LogP) is 5.19. The molecule has 0 aromatic heterocycles. The van der Waals surface area contributed by atoms with Crippen LogP contribution in [0.3, 0.4) is 0 Å². The molecule has 150 valence electrons. The van der Waals surface area contributed by atoms with Gasteiger partial charge in [0.15, 0.2) is 0 Å². The molecule has 2 heterocycles. The monoisotopic (exact) mass is 354 g/mol. The van der Waals surface area contributed by atoms with Gasteiger partial charge in [-0.2, -0.15) is 0 Å². The summed E-state index contributed by atoms with van der Waals surface area (Å²) < 4.78 is 5.62. The summed E-state index contributed by atoms with van der Waals surface area (Å²) in [5.74, 6) is 0. The van der Waals surface area contributed by atoms with E-state index in [0.717, 1.165) is 12.6 Å². The van der Waals surface area contributed by atoms with Crippen LogP contribution in [0.1, 0.15) is 86.5 Å². The molecule has 0 saturated carbocycles. The molecule has 0 bridgehead atoms. The molecule has 2 fully saturated rings. The van der Waals surface area contributed by atoms with Crippen LogP contribution in [-0.2, 0) is 4.74 Å². The standard InChI is InChI=1S/C20H40N2O.C2H6/c1-18(2)22-15-10-20(11-16-22)8-13-21(14-9-20)12-6-5-7-17-23-19(3)4;1-2/h18-19H,5-17H2,1-4H3;1-2H3. The lowest BCUT2D eigenvalue weighted by Crippen LogP contribution is -2.48. The van der Waals surface area contributed by atoms with Gasteiger partial charge in [-0.3, -0.25) is 0 Å². The summed E-state index contributed by atoms with van der Waals surface area (Å²) in [4.78, 5) is 5.38. The number of hydrogen-bond donors (Lipinski definition) is 0. The highest BCUT2D eigenvalue weighted by Gasteiger charge is 2.37. The van der Waals surface area contributed by atoms with E-state index in [1.165, 1.54) is 77.7 Å². The number of ether oxygens (including phenoxy) is 1. The molecule has 3 nitrogen and oxygen atoms in total. The van der Waals surface area contributed by atoms with Crippen molar-refractivity contribution in [3.63, 3.8) is 0 Å². The highest BCUT2D eigenvalue weighted by Crippen LogP contribution is 2.41. The maximum absolute atomic E-state index is 5.62. The lowest BCUT2D eigenvalue weighted by molar-refractivity contribution is 0.0244. The zero-order valence-corrected chi connectivity index (χ0v) is 18.1. The van der Waals surface area contributed by atoms with Gasteiger partial charge >= 0.3 is 0 Å². The fourth-order valence-electron chi connectivity index (χ4n) is 4.20. The lowest BCUT2D eigenvalue weighted by atomic mass is 9.71. The van der Waals surface area contributed by atoms with Crippen molar-refractivity contribution in [3.8, 4) is 0 Å². The van der Waals surface area contributed by atoms with Crippen molar-refractivity contribution in [3.05, 3.63) is 0 Å². The number of rotatable bonds is 8. The maximum atomic E-state index is 5.62. The molecule has 0 unspecified atom stereocenters. The summed E-state index contributed by atoms with van der Waals surface area (Å²) in [6, 6.07) is 0.729. The van der Waals surface area contributed by atoms with Crippen LogP contribution in [0.15, 0.2) is 0 Å². The Bertz CT molecular complexity index is 312. The number of hydrogen-bond acceptors (Lipinski definition) is 3. The van der Waals surface area contributed by atoms with Gasteiger partial charge < -0.3 is 14.5 Å². The van der Waals surface area contributed by atoms with Crippen molar-refractivity contribution in [1.29, 1.82) is 0 Å². The van der Waals surface area contributed by atoms with E-state index in [9.17, 15) is 0 Å². The molecule has 2 aliphatic rings. The SMILES string of the molecule is CC.CC(C)OCCCCCN1CCC2(CC1)CCN(C(C)C)CC2. The van der Waals surface area contributed by atoms with E-state index in [2.05, 4.69) is 37.5 Å². The van der Waals surface area contributed by atoms with Crippen LogP contribution in [0.25, 0.3) is 0 Å². The first-order chi connectivity index (χ1) is 12.0. The first-order valence-corrected chi connectivity index (χ1v) is 11.1. The Morgan fingerprint density at radius 2 is 1.36 bits per heavy atom. The van der Waals surface area contributed by atoms with Gasteiger partial charge in [-0.25, -0.2) is 0 Å². The molecule has 2 saturated heterocycles. The molecule has 3 heteroatoms. The number of piperidine rings is 2. The smallest absolute Gasteiger partial charge is 0.0518 e. The van der Waals surface area contributed by atoms with E-state index in [0.29, 0.717) is 11.5 Å². The summed E-state index contributed by atoms with van der Waals surface area (Å²) >= 11 is 0. The summed E-state index contributed by atoms with van der Waals surface area (Å²) in [6.07, 6.45) is 10.0. The molecule has 0 N–H and O–H groups in total. The summed E-state index contributed by atoms with van der Waals surface area (Å²) in [5, 5.41) is 0. The molecule has 2 rings (SSSR count). The van der Waals surface area contributed by atoms with Crippen LogP contribution in [0.4, 0.5) is 0 Å². The van der Waals surface area contributed by atoms with E-state index in [-0.39, 0.29) is 0 Å². The van der Waals surface area contributed by atoms with E-state index < -0.39 is 0 Å². The summed E-state index contributed by atoms with van der Waals surface area (Å²) in [6.45, 7) is 20.5. The van der Waals surface area contributed by atoms with Crippen LogP contribution in [-0.4, -0.2) is 61.3 Å². The van der Waals surface area contributed by atoms with Gasteiger partial charge in [0.2, 0.25) is 0 Å². The zero-order valence-electron chi connectivity index (χ0n) is 18.1. The molecule has 0 atom stereocenters. The Morgan fingerprint density at radius 1 is 0.800 bits per heavy atom. The fraction of sp³-hybridized carbons (Fsp3) is 1.00. The van der Waals surface area contributed by atoms with Crippen molar-refractivity contribution in [2.45, 2.75) is 98.6 Å². The molecular formula is C22H46N2O. The van der Waals surface area contributed by atoms with Gasteiger partial charge in [-0.15, -0.1) is 0 Å². The number of unbranched alkanes of at least 4 members (excludes halogenated alkanes) is 2. The Kier molecular flexibility index (Phi) is 11.3. The van der Waals surface area contributed by atoms with E-state index in [1.807, 2.05) is 13.8 Å². The van der Waals surface area contributed by atoms with E-state index >= 15 is 0 Å². The first kappa shape index (κ1) is 22.9. The minimum Gasteiger partial charge on any atom is -0.379 e. The first-order valence-electron chi connectivity index (χ1n) is 11.1. The minimum absolute atomic E-state index is 0.385. The van der Waals surface area contributed by atoms with Crippen molar-refractivity contribution in [1.82, 2.24) is 9.80 Å². The second-order valence-electron chi connectivity index (χ2n) is 8.45. The molecule has 0 aliphatic carbocycles. The van der Waals surface area contributed by atoms with Crippen LogP contribution >= 0.6 is 0 Å². The third-order valence-corrected chi connectivity index (χ3v) is 6.08. The Morgan fingerprint density at radius 3 is 1.88 bits per heavy atom. The van der Waals surface area contributed by atoms with Gasteiger partial charge in [0.25, 0.3) is 0 Å². The summed E-state index contributed by atoms with van der Waals surface area (Å²) in [7, 11) is 0. The largest absolute Gasteiger partial charge is 0.379 e. The van der Waals surface area contributed by atoms with Crippen molar-refractivity contribution in [2.75, 3.05) is 39.3 Å². The second kappa shape index (κ2) is 12.3. The second-order valence-corrected chi connectivity index (χ2v) is 8.45. The van der Waals surface area contributed by atoms with Crippen LogP contribution in [0, 0.1) is 5.41 Å². The summed E-state index contributed by atoms with van der Waals surface area (Å²) in [5.41, 5.74) is 0.687. The third kappa shape index (κ3) is 8.41. The molecule has 0 radical (unpaired) electrons. The molecule has 25 heavy (non-hydrogen) atoms. The topological polar surface area (TPSA) is 15.7 Å². The predicted molar refractivity (Wildman–Crippen MR) is 110 cm³/mol. The van der Waals surface area contributed by atoms with Crippen LogP contribution in [0.5, 0.6) is 0 Å². The molecule has 0 aromatic rings. The lowest BCUT2D eigenvalue weighted by Gasteiger charge is -2.47. The highest BCUT2D eigenvalue weighted by molar-refractivity contribution is 4.91. The van der Waals surface area contributed by atoms with Crippen molar-refractivity contribution >= 4 is 0 Å². The maximum Gasteiger partial charge on any atom is 0.0518 e. The average Bonchev–Trinajstić information content (AvgIpc) is 2.61. The molecule has 2 aliphatic heterocycles. The van der Waals surface area contributed by atoms with E-state index in [1.54, 1.807) is 0 Å². The molecular weight excluding hydrogens is 308 g/mol. The Labute approximate surface area is 158 Å². The van der Waals surface area contributed by atoms with Crippen LogP contribution in [0.2, 0.25) is 0 Å². The van der Waals surface area contributed by atoms with E-state index in [4.69, 9.17) is 4.74 Å². The quantitative estimate of drug-likeness (QED) is 0.558. The van der Waals surface area contributed by atoms with Gasteiger partial charge in [-0.1, -0.05) is 13.8 Å². The number of likely N-dealkylation sites (tertiary alicyclic amines) is 2. The van der Waals surface area contributed by atoms with Crippen LogP contribution < -0.4 is 0 Å². The minimum atomic E-state index is 0.385. The van der Waals surface area contributed by atoms with Gasteiger partial charge in [0, 0.05) is 12.6 Å². The fourth-order valence-corrected chi connectivity index (χ4v) is 4.20. The molecule has 0 aromatic carbocycles. The van der Waals surface area contributed by atoms with Crippen molar-refractivity contribution in [2.24, 2.45) is 5.41 Å². The highest BCUT2D eigenvalue weighted by atomic mass is 16.5. The van der Waals surface area contributed by atoms with Crippen molar-refractivity contribution < 1.29 is 4.74 Å². The zero-order chi connectivity index (χ0) is 18.7. The Balaban J connectivity index is 0.00000151. The third-order valence-electron chi connectivity index (χ3n) is 6.08. The Hall–Kier alpha value is -0.120.